The molecule has 0 aliphatic carbocycles. The van der Waals surface area contributed by atoms with Crippen LogP contribution in [0.2, 0.25) is 0 Å². The fourth-order valence-corrected chi connectivity index (χ4v) is 5.95. The summed E-state index contributed by atoms with van der Waals surface area (Å²) in [6.45, 7) is 1.98. The highest BCUT2D eigenvalue weighted by molar-refractivity contribution is 9.10. The third-order valence-electron chi connectivity index (χ3n) is 4.77. The summed E-state index contributed by atoms with van der Waals surface area (Å²) in [5.74, 6) is 0.0000671. The van der Waals surface area contributed by atoms with Crippen LogP contribution in [0.25, 0.3) is 0 Å². The molecule has 7 heteroatoms. The molecule has 0 N–H and O–H groups in total. The van der Waals surface area contributed by atoms with E-state index in [2.05, 4.69) is 15.9 Å². The van der Waals surface area contributed by atoms with Gasteiger partial charge in [0.2, 0.25) is 0 Å². The maximum Gasteiger partial charge on any atom is 0.329 e. The molecule has 0 unspecified atom stereocenters. The lowest BCUT2D eigenvalue weighted by atomic mass is 10.1. The van der Waals surface area contributed by atoms with Crippen LogP contribution >= 0.6 is 15.9 Å². The molecule has 0 saturated carbocycles. The van der Waals surface area contributed by atoms with Crippen molar-refractivity contribution in [2.75, 3.05) is 21.3 Å². The fourth-order valence-electron chi connectivity index (χ4n) is 3.64. The maximum absolute atomic E-state index is 13.2. The Kier molecular flexibility index (Phi) is 3.88. The minimum absolute atomic E-state index is 0.00171. The standard InChI is InChI=1S/C18H17BrN2O3S/c1-12-5-7-14(8-6-12)20-16-10-25(23,24)11-17(16)21(18(20)22)15-4-2-3-13(19)9-15/h2-9,16-17H,10-11H2,1H3/t16-,17-/m0/s1. The minimum atomic E-state index is -3.18. The number of halogens is 1. The van der Waals surface area contributed by atoms with Gasteiger partial charge in [0.25, 0.3) is 0 Å². The quantitative estimate of drug-likeness (QED) is 0.699. The van der Waals surface area contributed by atoms with Crippen LogP contribution in [0.1, 0.15) is 5.56 Å². The van der Waals surface area contributed by atoms with Crippen LogP contribution < -0.4 is 9.80 Å². The molecule has 0 bridgehead atoms. The van der Waals surface area contributed by atoms with E-state index in [0.29, 0.717) is 5.69 Å². The Labute approximate surface area is 155 Å². The van der Waals surface area contributed by atoms with E-state index in [-0.39, 0.29) is 29.6 Å². The molecule has 2 atom stereocenters. The summed E-state index contributed by atoms with van der Waals surface area (Å²) in [6.07, 6.45) is 0. The SMILES string of the molecule is Cc1ccc(N2C(=O)N(c3cccc(Br)c3)[C@H]3CS(=O)(=O)C[C@@H]32)cc1. The Hall–Kier alpha value is -1.86. The zero-order chi connectivity index (χ0) is 17.8. The molecular weight excluding hydrogens is 404 g/mol. The zero-order valence-electron chi connectivity index (χ0n) is 13.6. The molecule has 25 heavy (non-hydrogen) atoms. The van der Waals surface area contributed by atoms with Crippen LogP contribution in [-0.2, 0) is 9.84 Å². The number of nitrogens with zero attached hydrogens (tertiary/aromatic N) is 2. The van der Waals surface area contributed by atoms with E-state index in [1.165, 1.54) is 0 Å². The molecule has 2 fully saturated rings. The fraction of sp³-hybridized carbons (Fsp3) is 0.278. The number of rotatable bonds is 2. The van der Waals surface area contributed by atoms with Crippen LogP contribution in [0.4, 0.5) is 16.2 Å². The van der Waals surface area contributed by atoms with E-state index < -0.39 is 9.84 Å². The van der Waals surface area contributed by atoms with Crippen molar-refractivity contribution in [1.82, 2.24) is 0 Å². The molecule has 5 nitrogen and oxygen atoms in total. The Bertz CT molecular complexity index is 943. The smallest absolute Gasteiger partial charge is 0.288 e. The predicted molar refractivity (Wildman–Crippen MR) is 102 cm³/mol. The molecule has 2 aromatic rings. The largest absolute Gasteiger partial charge is 0.329 e. The zero-order valence-corrected chi connectivity index (χ0v) is 16.0. The second kappa shape index (κ2) is 5.85. The summed E-state index contributed by atoms with van der Waals surface area (Å²) in [7, 11) is -3.18. The number of sulfone groups is 1. The van der Waals surface area contributed by atoms with Gasteiger partial charge in [-0.1, -0.05) is 39.7 Å². The number of fused-ring (bicyclic) bond motifs is 1. The average molecular weight is 421 g/mol. The van der Waals surface area contributed by atoms with Crippen LogP contribution in [-0.4, -0.2) is 38.0 Å². The number of benzene rings is 2. The van der Waals surface area contributed by atoms with Gasteiger partial charge >= 0.3 is 6.03 Å². The maximum atomic E-state index is 13.2. The van der Waals surface area contributed by atoms with Crippen LogP contribution in [0, 0.1) is 6.92 Å². The molecule has 2 aliphatic rings. The van der Waals surface area contributed by atoms with Gasteiger partial charge in [-0.2, -0.15) is 0 Å². The number of aryl methyl sites for hydroxylation is 1. The highest BCUT2D eigenvalue weighted by Crippen LogP contribution is 2.38. The van der Waals surface area contributed by atoms with Crippen molar-refractivity contribution in [3.05, 3.63) is 58.6 Å². The monoisotopic (exact) mass is 420 g/mol. The van der Waals surface area contributed by atoms with E-state index in [0.717, 1.165) is 15.7 Å². The summed E-state index contributed by atoms with van der Waals surface area (Å²) in [6, 6.07) is 14.1. The van der Waals surface area contributed by atoms with Gasteiger partial charge in [0.15, 0.2) is 9.84 Å². The van der Waals surface area contributed by atoms with Crippen molar-refractivity contribution in [3.8, 4) is 0 Å². The Morgan fingerprint density at radius 1 is 0.960 bits per heavy atom. The van der Waals surface area contributed by atoms with E-state index in [1.807, 2.05) is 55.5 Å². The number of anilines is 2. The van der Waals surface area contributed by atoms with Crippen molar-refractivity contribution >= 4 is 43.2 Å². The van der Waals surface area contributed by atoms with Crippen molar-refractivity contribution in [2.24, 2.45) is 0 Å². The third kappa shape index (κ3) is 2.85. The number of carbonyl (C=O) groups is 1. The molecule has 2 heterocycles. The molecule has 0 radical (unpaired) electrons. The van der Waals surface area contributed by atoms with Crippen molar-refractivity contribution in [3.63, 3.8) is 0 Å². The molecule has 0 spiro atoms. The number of amides is 2. The van der Waals surface area contributed by atoms with Gasteiger partial charge < -0.3 is 0 Å². The summed E-state index contributed by atoms with van der Waals surface area (Å²) >= 11 is 3.42. The summed E-state index contributed by atoms with van der Waals surface area (Å²) < 4.78 is 25.4. The highest BCUT2D eigenvalue weighted by Gasteiger charge is 2.54. The van der Waals surface area contributed by atoms with Gasteiger partial charge in [-0.15, -0.1) is 0 Å². The topological polar surface area (TPSA) is 57.7 Å². The second-order valence-corrected chi connectivity index (χ2v) is 9.62. The van der Waals surface area contributed by atoms with Gasteiger partial charge in [-0.25, -0.2) is 13.2 Å². The van der Waals surface area contributed by atoms with Crippen molar-refractivity contribution in [1.29, 1.82) is 0 Å². The minimum Gasteiger partial charge on any atom is -0.288 e. The second-order valence-electron chi connectivity index (χ2n) is 6.55. The summed E-state index contributed by atoms with van der Waals surface area (Å²) in [5, 5.41) is 0. The summed E-state index contributed by atoms with van der Waals surface area (Å²) in [4.78, 5) is 16.4. The van der Waals surface area contributed by atoms with Crippen LogP contribution in [0.15, 0.2) is 53.0 Å². The molecule has 130 valence electrons. The van der Waals surface area contributed by atoms with Gasteiger partial charge in [-0.05, 0) is 37.3 Å². The van der Waals surface area contributed by atoms with Gasteiger partial charge in [-0.3, -0.25) is 9.80 Å². The molecule has 2 aliphatic heterocycles. The number of urea groups is 1. The number of carbonyl (C=O) groups excluding carboxylic acids is 1. The number of hydrogen-bond acceptors (Lipinski definition) is 3. The van der Waals surface area contributed by atoms with E-state index in [9.17, 15) is 13.2 Å². The number of hydrogen-bond donors (Lipinski definition) is 0. The first-order valence-electron chi connectivity index (χ1n) is 8.01. The Morgan fingerprint density at radius 2 is 1.56 bits per heavy atom. The molecule has 4 rings (SSSR count). The van der Waals surface area contributed by atoms with Gasteiger partial charge in [0.05, 0.1) is 23.6 Å². The van der Waals surface area contributed by atoms with Gasteiger partial charge in [0.1, 0.15) is 0 Å². The first kappa shape index (κ1) is 16.6. The third-order valence-corrected chi connectivity index (χ3v) is 6.96. The van der Waals surface area contributed by atoms with E-state index >= 15 is 0 Å². The first-order valence-corrected chi connectivity index (χ1v) is 10.6. The van der Waals surface area contributed by atoms with Crippen LogP contribution in [0.3, 0.4) is 0 Å². The molecule has 2 amide bonds. The lowest BCUT2D eigenvalue weighted by Crippen LogP contribution is -2.37. The molecule has 2 aromatic carbocycles. The van der Waals surface area contributed by atoms with E-state index in [4.69, 9.17) is 0 Å². The van der Waals surface area contributed by atoms with E-state index in [1.54, 1.807) is 9.80 Å². The predicted octanol–water partition coefficient (Wildman–Crippen LogP) is 3.37. The molecule has 2 saturated heterocycles. The average Bonchev–Trinajstić information content (AvgIpc) is 2.97. The lowest BCUT2D eigenvalue weighted by molar-refractivity contribution is 0.255. The van der Waals surface area contributed by atoms with Crippen LogP contribution in [0.5, 0.6) is 0 Å². The Morgan fingerprint density at radius 3 is 2.16 bits per heavy atom. The lowest BCUT2D eigenvalue weighted by Gasteiger charge is -2.23. The highest BCUT2D eigenvalue weighted by atomic mass is 79.9. The Balaban J connectivity index is 1.81. The first-order chi connectivity index (χ1) is 11.9. The van der Waals surface area contributed by atoms with Crippen molar-refractivity contribution in [2.45, 2.75) is 19.0 Å². The molecule has 0 aromatic heterocycles. The normalized spacial score (nSPS) is 24.6. The van der Waals surface area contributed by atoms with Gasteiger partial charge in [0, 0.05) is 15.8 Å². The van der Waals surface area contributed by atoms with Crippen molar-refractivity contribution < 1.29 is 13.2 Å². The molecular formula is C18H17BrN2O3S. The summed E-state index contributed by atoms with van der Waals surface area (Å²) in [5.41, 5.74) is 2.54.